The maximum Gasteiger partial charge on any atom is 0.337 e. The quantitative estimate of drug-likeness (QED) is 0.671. The van der Waals surface area contributed by atoms with Crippen LogP contribution < -0.4 is 0 Å². The third-order valence-corrected chi connectivity index (χ3v) is 4.00. The van der Waals surface area contributed by atoms with Crippen molar-refractivity contribution in [2.24, 2.45) is 0 Å². The van der Waals surface area contributed by atoms with Crippen molar-refractivity contribution in [3.63, 3.8) is 0 Å². The number of methoxy groups -OCH3 is 1. The van der Waals surface area contributed by atoms with Crippen LogP contribution in [-0.4, -0.2) is 23.6 Å². The van der Waals surface area contributed by atoms with Gasteiger partial charge in [0.25, 0.3) is 0 Å². The molecule has 0 radical (unpaired) electrons. The van der Waals surface area contributed by atoms with E-state index in [1.54, 1.807) is 29.7 Å². The van der Waals surface area contributed by atoms with Gasteiger partial charge in [-0.15, -0.1) is 0 Å². The molecule has 0 atom stereocenters. The monoisotopic (exact) mass is 307 g/mol. The summed E-state index contributed by atoms with van der Waals surface area (Å²) in [6, 6.07) is 15.0. The van der Waals surface area contributed by atoms with Crippen LogP contribution in [0.5, 0.6) is 0 Å². The van der Waals surface area contributed by atoms with E-state index in [0.29, 0.717) is 5.56 Å². The Labute approximate surface area is 134 Å². The van der Waals surface area contributed by atoms with Gasteiger partial charge in [-0.3, -0.25) is 9.36 Å². The van der Waals surface area contributed by atoms with Crippen LogP contribution in [0.2, 0.25) is 0 Å². The minimum absolute atomic E-state index is 0.0622. The molecule has 0 saturated heterocycles. The summed E-state index contributed by atoms with van der Waals surface area (Å²) < 4.78 is 6.48. The number of aromatic nitrogens is 1. The van der Waals surface area contributed by atoms with Crippen LogP contribution in [0.15, 0.2) is 48.5 Å². The molecule has 0 bridgehead atoms. The molecule has 2 aromatic carbocycles. The highest BCUT2D eigenvalue weighted by molar-refractivity contribution is 6.03. The summed E-state index contributed by atoms with van der Waals surface area (Å²) in [4.78, 5) is 24.0. The van der Waals surface area contributed by atoms with Gasteiger partial charge in [-0.05, 0) is 36.2 Å². The van der Waals surface area contributed by atoms with E-state index < -0.39 is 0 Å². The molecule has 0 saturated carbocycles. The van der Waals surface area contributed by atoms with Gasteiger partial charge in [-0.1, -0.05) is 30.3 Å². The molecule has 23 heavy (non-hydrogen) atoms. The first-order chi connectivity index (χ1) is 11.0. The average Bonchev–Trinajstić information content (AvgIpc) is 2.87. The maximum absolute atomic E-state index is 12.2. The Morgan fingerprint density at radius 2 is 1.74 bits per heavy atom. The molecular formula is C19H17NO3. The van der Waals surface area contributed by atoms with Gasteiger partial charge < -0.3 is 4.74 Å². The van der Waals surface area contributed by atoms with Gasteiger partial charge in [-0.2, -0.15) is 0 Å². The summed E-state index contributed by atoms with van der Waals surface area (Å²) in [6.45, 7) is 3.50. The van der Waals surface area contributed by atoms with Crippen molar-refractivity contribution in [2.45, 2.75) is 13.8 Å². The van der Waals surface area contributed by atoms with Gasteiger partial charge in [0, 0.05) is 12.3 Å². The topological polar surface area (TPSA) is 48.3 Å². The van der Waals surface area contributed by atoms with Gasteiger partial charge >= 0.3 is 5.97 Å². The number of ether oxygens (including phenoxy) is 1. The SMILES string of the molecule is COC(=O)c1ccc2c(c1)c(C)c(-c1ccccc1)n2C(C)=O. The largest absolute Gasteiger partial charge is 0.465 e. The fourth-order valence-corrected chi connectivity index (χ4v) is 2.96. The fourth-order valence-electron chi connectivity index (χ4n) is 2.96. The second-order valence-corrected chi connectivity index (χ2v) is 5.42. The van der Waals surface area contributed by atoms with Crippen LogP contribution in [0, 0.1) is 6.92 Å². The third-order valence-electron chi connectivity index (χ3n) is 4.00. The first-order valence-electron chi connectivity index (χ1n) is 7.34. The molecule has 1 aromatic heterocycles. The highest BCUT2D eigenvalue weighted by atomic mass is 16.5. The lowest BCUT2D eigenvalue weighted by molar-refractivity contribution is 0.0601. The van der Waals surface area contributed by atoms with E-state index in [1.165, 1.54) is 7.11 Å². The Bertz CT molecular complexity index is 907. The van der Waals surface area contributed by atoms with Gasteiger partial charge in [0.05, 0.1) is 23.9 Å². The smallest absolute Gasteiger partial charge is 0.337 e. The average molecular weight is 307 g/mol. The summed E-state index contributed by atoms with van der Waals surface area (Å²) in [5.41, 5.74) is 4.06. The zero-order chi connectivity index (χ0) is 16.6. The lowest BCUT2D eigenvalue weighted by atomic mass is 10.1. The number of rotatable bonds is 2. The molecule has 0 spiro atoms. The molecule has 116 valence electrons. The Morgan fingerprint density at radius 3 is 2.35 bits per heavy atom. The lowest BCUT2D eigenvalue weighted by Gasteiger charge is -2.07. The summed E-state index contributed by atoms with van der Waals surface area (Å²) >= 11 is 0. The molecule has 3 rings (SSSR count). The van der Waals surface area contributed by atoms with Crippen molar-refractivity contribution in [1.82, 2.24) is 4.57 Å². The van der Waals surface area contributed by atoms with Crippen LogP contribution in [0.25, 0.3) is 22.2 Å². The number of aryl methyl sites for hydroxylation is 1. The summed E-state index contributed by atoms with van der Waals surface area (Å²) in [7, 11) is 1.36. The van der Waals surface area contributed by atoms with Crippen molar-refractivity contribution in [3.8, 4) is 11.3 Å². The van der Waals surface area contributed by atoms with Crippen LogP contribution in [0.4, 0.5) is 0 Å². The van der Waals surface area contributed by atoms with Crippen LogP contribution in [0.1, 0.15) is 27.6 Å². The number of esters is 1. The zero-order valence-electron chi connectivity index (χ0n) is 13.3. The molecule has 4 heteroatoms. The maximum atomic E-state index is 12.2. The highest BCUT2D eigenvalue weighted by Gasteiger charge is 2.19. The molecule has 0 fully saturated rings. The van der Waals surface area contributed by atoms with Gasteiger partial charge in [-0.25, -0.2) is 4.79 Å². The van der Waals surface area contributed by atoms with Gasteiger partial charge in [0.15, 0.2) is 0 Å². The third kappa shape index (κ3) is 2.42. The fraction of sp³-hybridized carbons (Fsp3) is 0.158. The first kappa shape index (κ1) is 15.0. The number of carbonyl (C=O) groups excluding carboxylic acids is 2. The van der Waals surface area contributed by atoms with Crippen molar-refractivity contribution in [2.75, 3.05) is 7.11 Å². The molecule has 3 aromatic rings. The number of fused-ring (bicyclic) bond motifs is 1. The predicted molar refractivity (Wildman–Crippen MR) is 89.8 cm³/mol. The predicted octanol–water partition coefficient (Wildman–Crippen LogP) is 4.06. The molecule has 4 nitrogen and oxygen atoms in total. The van der Waals surface area contributed by atoms with Gasteiger partial charge in [0.1, 0.15) is 0 Å². The second kappa shape index (κ2) is 5.72. The molecule has 0 unspecified atom stereocenters. The number of hydrogen-bond donors (Lipinski definition) is 0. The zero-order valence-corrected chi connectivity index (χ0v) is 13.3. The Balaban J connectivity index is 2.36. The molecule has 0 aliphatic rings. The Morgan fingerprint density at radius 1 is 1.04 bits per heavy atom. The van der Waals surface area contributed by atoms with E-state index in [4.69, 9.17) is 4.74 Å². The van der Waals surface area contributed by atoms with E-state index in [-0.39, 0.29) is 11.9 Å². The Hall–Kier alpha value is -2.88. The van der Waals surface area contributed by atoms with Crippen molar-refractivity contribution in [1.29, 1.82) is 0 Å². The highest BCUT2D eigenvalue weighted by Crippen LogP contribution is 2.33. The second-order valence-electron chi connectivity index (χ2n) is 5.42. The van der Waals surface area contributed by atoms with Crippen molar-refractivity contribution < 1.29 is 14.3 Å². The standard InChI is InChI=1S/C19H17NO3/c1-12-16-11-15(19(22)23-3)9-10-17(16)20(13(2)21)18(12)14-7-5-4-6-8-14/h4-11H,1-3H3. The van der Waals surface area contributed by atoms with E-state index >= 15 is 0 Å². The lowest BCUT2D eigenvalue weighted by Crippen LogP contribution is -2.07. The molecule has 0 aliphatic heterocycles. The molecule has 0 N–H and O–H groups in total. The minimum Gasteiger partial charge on any atom is -0.465 e. The minimum atomic E-state index is -0.386. The summed E-state index contributed by atoms with van der Waals surface area (Å²) in [6.07, 6.45) is 0. The molecule has 1 heterocycles. The first-order valence-corrected chi connectivity index (χ1v) is 7.34. The van der Waals surface area contributed by atoms with Crippen molar-refractivity contribution in [3.05, 3.63) is 59.7 Å². The van der Waals surface area contributed by atoms with Gasteiger partial charge in [0.2, 0.25) is 5.91 Å². The molecule has 0 amide bonds. The number of carbonyl (C=O) groups is 2. The van der Waals surface area contributed by atoms with Crippen LogP contribution in [0.3, 0.4) is 0 Å². The van der Waals surface area contributed by atoms with E-state index in [2.05, 4.69) is 0 Å². The summed E-state index contributed by atoms with van der Waals surface area (Å²) in [5, 5.41) is 0.877. The number of hydrogen-bond acceptors (Lipinski definition) is 3. The van der Waals surface area contributed by atoms with E-state index in [9.17, 15) is 9.59 Å². The van der Waals surface area contributed by atoms with Crippen LogP contribution >= 0.6 is 0 Å². The number of benzene rings is 2. The molecule has 0 aliphatic carbocycles. The number of nitrogens with zero attached hydrogens (tertiary/aromatic N) is 1. The summed E-state index contributed by atoms with van der Waals surface area (Å²) in [5.74, 6) is -0.448. The molecular weight excluding hydrogens is 290 g/mol. The van der Waals surface area contributed by atoms with E-state index in [0.717, 1.165) is 27.7 Å². The van der Waals surface area contributed by atoms with Crippen molar-refractivity contribution >= 4 is 22.8 Å². The Kier molecular flexibility index (Phi) is 3.74. The normalized spacial score (nSPS) is 10.7. The van der Waals surface area contributed by atoms with Crippen LogP contribution in [-0.2, 0) is 4.74 Å². The van der Waals surface area contributed by atoms with E-state index in [1.807, 2.05) is 37.3 Å².